The van der Waals surface area contributed by atoms with E-state index < -0.39 is 23.9 Å². The molecule has 2 aliphatic heterocycles. The Hall–Kier alpha value is -3.82. The summed E-state index contributed by atoms with van der Waals surface area (Å²) in [5.74, 6) is 0.402. The van der Waals surface area contributed by atoms with Crippen LogP contribution in [-0.4, -0.2) is 53.4 Å². The van der Waals surface area contributed by atoms with Crippen molar-refractivity contribution in [2.75, 3.05) is 30.4 Å². The zero-order chi connectivity index (χ0) is 25.6. The van der Waals surface area contributed by atoms with Crippen LogP contribution in [0.3, 0.4) is 0 Å². The largest absolute Gasteiger partial charge is 0.493 e. The summed E-state index contributed by atoms with van der Waals surface area (Å²) in [6, 6.07) is 6.10. The molecule has 4 heterocycles. The van der Waals surface area contributed by atoms with E-state index in [-0.39, 0.29) is 25.3 Å². The molecule has 1 saturated heterocycles. The minimum atomic E-state index is -2.66. The summed E-state index contributed by atoms with van der Waals surface area (Å²) in [5.41, 5.74) is 2.23. The first-order chi connectivity index (χ1) is 17.3. The molecule has 1 aromatic carbocycles. The number of anilines is 2. The normalized spacial score (nSPS) is 20.5. The van der Waals surface area contributed by atoms with Gasteiger partial charge < -0.3 is 19.7 Å². The third kappa shape index (κ3) is 3.71. The van der Waals surface area contributed by atoms with Crippen LogP contribution in [0.2, 0.25) is 0 Å². The second kappa shape index (κ2) is 9.00. The molecule has 7 nitrogen and oxygen atoms in total. The highest BCUT2D eigenvalue weighted by molar-refractivity contribution is 5.78. The highest BCUT2D eigenvalue weighted by Gasteiger charge is 2.56. The number of hydrogen-bond donors (Lipinski definition) is 1. The number of halogens is 3. The first kappa shape index (κ1) is 23.9. The second-order valence-corrected chi connectivity index (χ2v) is 9.06. The summed E-state index contributed by atoms with van der Waals surface area (Å²) < 4.78 is 55.0. The molecular weight excluding hydrogens is 471 g/mol. The number of pyridine rings is 1. The van der Waals surface area contributed by atoms with Gasteiger partial charge in [0.05, 0.1) is 36.9 Å². The van der Waals surface area contributed by atoms with Crippen LogP contribution < -0.4 is 19.7 Å². The number of nitrogens with one attached hydrogen (secondary N) is 1. The topological polar surface area (TPSA) is 72.4 Å². The van der Waals surface area contributed by atoms with Gasteiger partial charge in [0.15, 0.2) is 17.4 Å². The van der Waals surface area contributed by atoms with Crippen molar-refractivity contribution >= 4 is 17.6 Å². The lowest BCUT2D eigenvalue weighted by Crippen LogP contribution is -2.57. The van der Waals surface area contributed by atoms with E-state index in [2.05, 4.69) is 27.1 Å². The molecule has 0 spiro atoms. The Kier molecular flexibility index (Phi) is 5.97. The molecule has 2 unspecified atom stereocenters. The van der Waals surface area contributed by atoms with E-state index in [1.165, 1.54) is 19.2 Å². The van der Waals surface area contributed by atoms with E-state index in [0.717, 1.165) is 16.8 Å². The van der Waals surface area contributed by atoms with Gasteiger partial charge in [-0.2, -0.15) is 0 Å². The molecule has 36 heavy (non-hydrogen) atoms. The van der Waals surface area contributed by atoms with E-state index in [4.69, 9.17) is 9.47 Å². The van der Waals surface area contributed by atoms with Gasteiger partial charge in [0.1, 0.15) is 17.4 Å². The Morgan fingerprint density at radius 1 is 1.25 bits per heavy atom. The standard InChI is InChI=1S/C26H26F3N5O2/c1-5-19-14(2)15(3)22(11-30-19)36-16-10-26(25(28)29)13-31-24-21(34(26)12-16)9-20(32-33-24)17-7-6-8-18(27)23(17)35-4/h5-9,11,16,25H,1,10,12-13H2,2-4H3,(H,31,33). The van der Waals surface area contributed by atoms with Crippen LogP contribution in [0.15, 0.2) is 37.0 Å². The van der Waals surface area contributed by atoms with Gasteiger partial charge in [-0.15, -0.1) is 10.2 Å². The summed E-state index contributed by atoms with van der Waals surface area (Å²) >= 11 is 0. The van der Waals surface area contributed by atoms with Crippen LogP contribution in [0.4, 0.5) is 24.7 Å². The van der Waals surface area contributed by atoms with Gasteiger partial charge >= 0.3 is 0 Å². The molecule has 188 valence electrons. The number of benzene rings is 1. The first-order valence-electron chi connectivity index (χ1n) is 11.5. The molecule has 0 amide bonds. The molecule has 0 aliphatic carbocycles. The van der Waals surface area contributed by atoms with Gasteiger partial charge in [0.25, 0.3) is 6.43 Å². The number of hydrogen-bond acceptors (Lipinski definition) is 7. The Bertz CT molecular complexity index is 1340. The molecule has 1 fully saturated rings. The van der Waals surface area contributed by atoms with E-state index in [1.807, 2.05) is 13.8 Å². The quantitative estimate of drug-likeness (QED) is 0.512. The lowest BCUT2D eigenvalue weighted by molar-refractivity contribution is 0.0531. The highest BCUT2D eigenvalue weighted by atomic mass is 19.3. The van der Waals surface area contributed by atoms with Crippen molar-refractivity contribution in [3.8, 4) is 22.8 Å². The summed E-state index contributed by atoms with van der Waals surface area (Å²) in [6.07, 6.45) is 0.206. The molecule has 0 radical (unpaired) electrons. The van der Waals surface area contributed by atoms with E-state index in [0.29, 0.717) is 28.5 Å². The van der Waals surface area contributed by atoms with E-state index >= 15 is 0 Å². The number of para-hydroxylation sites is 1. The smallest absolute Gasteiger partial charge is 0.263 e. The molecule has 5 rings (SSSR count). The van der Waals surface area contributed by atoms with Crippen molar-refractivity contribution in [1.29, 1.82) is 0 Å². The molecule has 2 aliphatic rings. The van der Waals surface area contributed by atoms with E-state index in [1.54, 1.807) is 29.3 Å². The average molecular weight is 498 g/mol. The van der Waals surface area contributed by atoms with Crippen molar-refractivity contribution in [3.05, 3.63) is 59.7 Å². The molecule has 2 aromatic heterocycles. The van der Waals surface area contributed by atoms with Crippen LogP contribution in [0.25, 0.3) is 17.3 Å². The second-order valence-electron chi connectivity index (χ2n) is 9.06. The zero-order valence-corrected chi connectivity index (χ0v) is 20.2. The van der Waals surface area contributed by atoms with Crippen LogP contribution in [0.1, 0.15) is 23.2 Å². The summed E-state index contributed by atoms with van der Waals surface area (Å²) in [7, 11) is 1.36. The minimum Gasteiger partial charge on any atom is -0.493 e. The van der Waals surface area contributed by atoms with Gasteiger partial charge in [-0.3, -0.25) is 4.98 Å². The Labute approximate surface area is 207 Å². The fraction of sp³-hybridized carbons (Fsp3) is 0.346. The number of ether oxygens (including phenoxy) is 2. The highest BCUT2D eigenvalue weighted by Crippen LogP contribution is 2.46. The van der Waals surface area contributed by atoms with Gasteiger partial charge in [0.2, 0.25) is 0 Å². The molecule has 0 saturated carbocycles. The first-order valence-corrected chi connectivity index (χ1v) is 11.5. The van der Waals surface area contributed by atoms with E-state index in [9.17, 15) is 13.2 Å². The predicted octanol–water partition coefficient (Wildman–Crippen LogP) is 5.03. The maximum absolute atomic E-state index is 14.6. The van der Waals surface area contributed by atoms with Crippen molar-refractivity contribution in [2.24, 2.45) is 0 Å². The SMILES string of the molecule is C=Cc1ncc(OC2CN3c4cc(-c5cccc(F)c5OC)nnc4NCC3(C(F)F)C2)c(C)c1C. The zero-order valence-electron chi connectivity index (χ0n) is 20.2. The fourth-order valence-corrected chi connectivity index (χ4v) is 5.03. The Morgan fingerprint density at radius 2 is 2.06 bits per heavy atom. The molecule has 2 atom stereocenters. The number of rotatable bonds is 6. The van der Waals surface area contributed by atoms with Crippen LogP contribution in [0, 0.1) is 19.7 Å². The summed E-state index contributed by atoms with van der Waals surface area (Å²) in [4.78, 5) is 6.01. The fourth-order valence-electron chi connectivity index (χ4n) is 5.03. The molecular formula is C26H26F3N5O2. The van der Waals surface area contributed by atoms with Gasteiger partial charge in [-0.25, -0.2) is 13.2 Å². The van der Waals surface area contributed by atoms with Crippen LogP contribution in [0.5, 0.6) is 11.5 Å². The maximum Gasteiger partial charge on any atom is 0.263 e. The third-order valence-corrected chi connectivity index (χ3v) is 7.11. The van der Waals surface area contributed by atoms with Gasteiger partial charge in [-0.05, 0) is 49.2 Å². The molecule has 0 bridgehead atoms. The number of fused-ring (bicyclic) bond motifs is 3. The summed E-state index contributed by atoms with van der Waals surface area (Å²) in [6.45, 7) is 7.81. The van der Waals surface area contributed by atoms with Crippen molar-refractivity contribution in [3.63, 3.8) is 0 Å². The number of methoxy groups -OCH3 is 1. The number of alkyl halides is 2. The third-order valence-electron chi connectivity index (χ3n) is 7.11. The Balaban J connectivity index is 1.52. The van der Waals surface area contributed by atoms with Crippen LogP contribution >= 0.6 is 0 Å². The molecule has 1 N–H and O–H groups in total. The van der Waals surface area contributed by atoms with Crippen molar-refractivity contribution in [1.82, 2.24) is 15.2 Å². The van der Waals surface area contributed by atoms with Gasteiger partial charge in [0, 0.05) is 18.5 Å². The maximum atomic E-state index is 14.6. The number of nitrogens with zero attached hydrogens (tertiary/aromatic N) is 4. The lowest BCUT2D eigenvalue weighted by Gasteiger charge is -2.43. The monoisotopic (exact) mass is 497 g/mol. The van der Waals surface area contributed by atoms with Gasteiger partial charge in [-0.1, -0.05) is 12.6 Å². The lowest BCUT2D eigenvalue weighted by atomic mass is 9.93. The molecule has 3 aromatic rings. The van der Waals surface area contributed by atoms with Crippen LogP contribution in [-0.2, 0) is 0 Å². The predicted molar refractivity (Wildman–Crippen MR) is 131 cm³/mol. The average Bonchev–Trinajstić information content (AvgIpc) is 3.27. The van der Waals surface area contributed by atoms with Crippen molar-refractivity contribution in [2.45, 2.75) is 38.3 Å². The summed E-state index contributed by atoms with van der Waals surface area (Å²) in [5, 5.41) is 11.4. The Morgan fingerprint density at radius 3 is 2.78 bits per heavy atom. The number of aromatic nitrogens is 3. The van der Waals surface area contributed by atoms with Crippen molar-refractivity contribution < 1.29 is 22.6 Å². The minimum absolute atomic E-state index is 0.0134. The molecule has 10 heteroatoms.